The molecule has 0 heterocycles. The molecule has 2 aromatic rings. The van der Waals surface area contributed by atoms with Crippen LogP contribution in [0.4, 0.5) is 0 Å². The van der Waals surface area contributed by atoms with Gasteiger partial charge in [-0.2, -0.15) is 0 Å². The van der Waals surface area contributed by atoms with Crippen LogP contribution in [0.3, 0.4) is 0 Å². The summed E-state index contributed by atoms with van der Waals surface area (Å²) in [5, 5.41) is 0. The lowest BCUT2D eigenvalue weighted by atomic mass is 9.81. The average molecular weight is 340 g/mol. The van der Waals surface area contributed by atoms with Crippen LogP contribution in [0.1, 0.15) is 28.3 Å². The van der Waals surface area contributed by atoms with E-state index >= 15 is 0 Å². The van der Waals surface area contributed by atoms with Gasteiger partial charge in [0, 0.05) is 17.9 Å². The fourth-order valence-corrected chi connectivity index (χ4v) is 2.75. The Hall–Kier alpha value is -2.95. The molecule has 0 spiro atoms. The lowest BCUT2D eigenvalue weighted by Crippen LogP contribution is -2.33. The van der Waals surface area contributed by atoms with Crippen molar-refractivity contribution >= 4 is 17.7 Å². The number of methoxy groups -OCH3 is 2. The van der Waals surface area contributed by atoms with E-state index in [0.29, 0.717) is 11.1 Å². The number of ketones is 1. The molecule has 0 N–H and O–H groups in total. The first-order valence-corrected chi connectivity index (χ1v) is 7.87. The molecule has 0 saturated heterocycles. The van der Waals surface area contributed by atoms with Gasteiger partial charge in [0.1, 0.15) is 0 Å². The van der Waals surface area contributed by atoms with Gasteiger partial charge >= 0.3 is 11.9 Å². The fraction of sp³-hybridized carbons (Fsp3) is 0.250. The lowest BCUT2D eigenvalue weighted by Gasteiger charge is -2.23. The summed E-state index contributed by atoms with van der Waals surface area (Å²) in [5.74, 6) is -3.48. The lowest BCUT2D eigenvalue weighted by molar-refractivity contribution is -0.159. The van der Waals surface area contributed by atoms with Crippen molar-refractivity contribution in [2.75, 3.05) is 14.2 Å². The Labute approximate surface area is 146 Å². The number of hydrogen-bond donors (Lipinski definition) is 0. The zero-order chi connectivity index (χ0) is 18.2. The van der Waals surface area contributed by atoms with Crippen LogP contribution in [-0.4, -0.2) is 31.9 Å². The molecule has 5 heteroatoms. The van der Waals surface area contributed by atoms with Gasteiger partial charge in [-0.05, 0) is 5.56 Å². The van der Waals surface area contributed by atoms with Gasteiger partial charge in [0.05, 0.1) is 14.2 Å². The molecule has 0 amide bonds. The molecule has 0 radical (unpaired) electrons. The SMILES string of the molecule is COC(=O)C(C(=O)OC)[C@@H](CC(=O)c1ccccc1)c1ccccc1. The maximum Gasteiger partial charge on any atom is 0.320 e. The average Bonchev–Trinajstić information content (AvgIpc) is 2.68. The third-order valence-electron chi connectivity index (χ3n) is 4.04. The Balaban J connectivity index is 2.40. The first kappa shape index (κ1) is 18.4. The van der Waals surface area contributed by atoms with E-state index < -0.39 is 23.8 Å². The standard InChI is InChI=1S/C20H20O5/c1-24-19(22)18(20(23)25-2)16(14-9-5-3-6-10-14)13-17(21)15-11-7-4-8-12-15/h3-12,16,18H,13H2,1-2H3/t16-/m0/s1. The topological polar surface area (TPSA) is 69.7 Å². The van der Waals surface area contributed by atoms with E-state index in [2.05, 4.69) is 0 Å². The van der Waals surface area contributed by atoms with Gasteiger partial charge < -0.3 is 9.47 Å². The largest absolute Gasteiger partial charge is 0.468 e. The van der Waals surface area contributed by atoms with E-state index in [1.165, 1.54) is 14.2 Å². The summed E-state index contributed by atoms with van der Waals surface area (Å²) in [6.45, 7) is 0. The molecular formula is C20H20O5. The maximum atomic E-state index is 12.7. The molecule has 130 valence electrons. The van der Waals surface area contributed by atoms with E-state index in [1.54, 1.807) is 48.5 Å². The van der Waals surface area contributed by atoms with Crippen molar-refractivity contribution in [2.24, 2.45) is 5.92 Å². The van der Waals surface area contributed by atoms with E-state index in [0.717, 1.165) is 0 Å². The number of ether oxygens (including phenoxy) is 2. The molecule has 5 nitrogen and oxygen atoms in total. The minimum Gasteiger partial charge on any atom is -0.468 e. The zero-order valence-corrected chi connectivity index (χ0v) is 14.2. The molecule has 1 atom stereocenters. The second-order valence-corrected chi connectivity index (χ2v) is 5.53. The first-order chi connectivity index (χ1) is 12.1. The highest BCUT2D eigenvalue weighted by molar-refractivity contribution is 6.00. The van der Waals surface area contributed by atoms with E-state index in [1.807, 2.05) is 12.1 Å². The van der Waals surface area contributed by atoms with Crippen LogP contribution in [-0.2, 0) is 19.1 Å². The van der Waals surface area contributed by atoms with Crippen molar-refractivity contribution in [3.05, 3.63) is 71.8 Å². The Morgan fingerprint density at radius 2 is 1.28 bits per heavy atom. The highest BCUT2D eigenvalue weighted by Gasteiger charge is 2.39. The smallest absolute Gasteiger partial charge is 0.320 e. The third kappa shape index (κ3) is 4.53. The van der Waals surface area contributed by atoms with Gasteiger partial charge in [-0.15, -0.1) is 0 Å². The Kier molecular flexibility index (Phi) is 6.46. The highest BCUT2D eigenvalue weighted by Crippen LogP contribution is 2.31. The molecule has 0 unspecified atom stereocenters. The van der Waals surface area contributed by atoms with E-state index in [9.17, 15) is 14.4 Å². The monoisotopic (exact) mass is 340 g/mol. The predicted molar refractivity (Wildman–Crippen MR) is 92.1 cm³/mol. The first-order valence-electron chi connectivity index (χ1n) is 7.87. The summed E-state index contributed by atoms with van der Waals surface area (Å²) < 4.78 is 9.55. The third-order valence-corrected chi connectivity index (χ3v) is 4.04. The van der Waals surface area contributed by atoms with Crippen LogP contribution in [0.25, 0.3) is 0 Å². The second-order valence-electron chi connectivity index (χ2n) is 5.53. The molecule has 0 aliphatic carbocycles. The van der Waals surface area contributed by atoms with Crippen molar-refractivity contribution in [3.8, 4) is 0 Å². The molecule has 0 aliphatic heterocycles. The molecule has 25 heavy (non-hydrogen) atoms. The molecule has 0 fully saturated rings. The van der Waals surface area contributed by atoms with Crippen LogP contribution in [0.5, 0.6) is 0 Å². The van der Waals surface area contributed by atoms with Crippen LogP contribution < -0.4 is 0 Å². The van der Waals surface area contributed by atoms with Gasteiger partial charge in [-0.1, -0.05) is 60.7 Å². The quantitative estimate of drug-likeness (QED) is 0.440. The van der Waals surface area contributed by atoms with Crippen molar-refractivity contribution in [1.82, 2.24) is 0 Å². The highest BCUT2D eigenvalue weighted by atomic mass is 16.5. The molecule has 0 aliphatic rings. The van der Waals surface area contributed by atoms with Crippen molar-refractivity contribution in [2.45, 2.75) is 12.3 Å². The summed E-state index contributed by atoms with van der Waals surface area (Å²) in [4.78, 5) is 37.1. The van der Waals surface area contributed by atoms with Crippen molar-refractivity contribution in [3.63, 3.8) is 0 Å². The molecule has 2 rings (SSSR count). The van der Waals surface area contributed by atoms with Gasteiger partial charge in [0.2, 0.25) is 0 Å². The van der Waals surface area contributed by atoms with Crippen LogP contribution in [0.15, 0.2) is 60.7 Å². The van der Waals surface area contributed by atoms with Gasteiger partial charge in [-0.3, -0.25) is 14.4 Å². The number of benzene rings is 2. The second kappa shape index (κ2) is 8.78. The minimum absolute atomic E-state index is 0.0110. The molecule has 0 bridgehead atoms. The molecule has 0 aromatic heterocycles. The summed E-state index contributed by atoms with van der Waals surface area (Å²) >= 11 is 0. The number of rotatable bonds is 7. The van der Waals surface area contributed by atoms with E-state index in [-0.39, 0.29) is 12.2 Å². The Bertz CT molecular complexity index is 708. The molecule has 2 aromatic carbocycles. The minimum atomic E-state index is -1.20. The Morgan fingerprint density at radius 3 is 1.76 bits per heavy atom. The van der Waals surface area contributed by atoms with Crippen LogP contribution in [0.2, 0.25) is 0 Å². The number of esters is 2. The zero-order valence-electron chi connectivity index (χ0n) is 14.2. The number of Topliss-reactive ketones (excluding diaryl/α,β-unsaturated/α-hetero) is 1. The van der Waals surface area contributed by atoms with Crippen molar-refractivity contribution in [1.29, 1.82) is 0 Å². The van der Waals surface area contributed by atoms with Crippen molar-refractivity contribution < 1.29 is 23.9 Å². The fourth-order valence-electron chi connectivity index (χ4n) is 2.75. The Morgan fingerprint density at radius 1 is 0.800 bits per heavy atom. The number of carbonyl (C=O) groups excluding carboxylic acids is 3. The van der Waals surface area contributed by atoms with Crippen LogP contribution >= 0.6 is 0 Å². The molecular weight excluding hydrogens is 320 g/mol. The molecule has 0 saturated carbocycles. The van der Waals surface area contributed by atoms with Gasteiger partial charge in [0.25, 0.3) is 0 Å². The summed E-state index contributed by atoms with van der Waals surface area (Å²) in [5.41, 5.74) is 1.23. The predicted octanol–water partition coefficient (Wildman–Crippen LogP) is 3.01. The maximum absolute atomic E-state index is 12.7. The summed E-state index contributed by atoms with van der Waals surface area (Å²) in [6.07, 6.45) is -0.0110. The normalized spacial score (nSPS) is 11.6. The summed E-state index contributed by atoms with van der Waals surface area (Å²) in [6, 6.07) is 17.7. The number of carbonyl (C=O) groups is 3. The van der Waals surface area contributed by atoms with E-state index in [4.69, 9.17) is 9.47 Å². The van der Waals surface area contributed by atoms with Crippen LogP contribution in [0, 0.1) is 5.92 Å². The van der Waals surface area contributed by atoms with Gasteiger partial charge in [-0.25, -0.2) is 0 Å². The number of hydrogen-bond acceptors (Lipinski definition) is 5. The van der Waals surface area contributed by atoms with Gasteiger partial charge in [0.15, 0.2) is 11.7 Å². The summed E-state index contributed by atoms with van der Waals surface area (Å²) in [7, 11) is 2.42.